The molecule has 1 atom stereocenters. The average Bonchev–Trinajstić information content (AvgIpc) is 3.08. The molecule has 0 bridgehead atoms. The van der Waals surface area contributed by atoms with Gasteiger partial charge in [-0.2, -0.15) is 0 Å². The van der Waals surface area contributed by atoms with Crippen molar-refractivity contribution in [2.45, 2.75) is 13.1 Å². The minimum absolute atomic E-state index is 0.0223. The summed E-state index contributed by atoms with van der Waals surface area (Å²) in [6.45, 7) is 1.94. The van der Waals surface area contributed by atoms with Gasteiger partial charge in [-0.1, -0.05) is 12.1 Å². The van der Waals surface area contributed by atoms with Crippen LogP contribution in [0.1, 0.15) is 11.1 Å². The van der Waals surface area contributed by atoms with Crippen LogP contribution in [0.5, 0.6) is 17.2 Å². The number of amides is 1. The van der Waals surface area contributed by atoms with E-state index < -0.39 is 0 Å². The zero-order valence-electron chi connectivity index (χ0n) is 14.5. The number of methoxy groups -OCH3 is 1. The van der Waals surface area contributed by atoms with Crippen LogP contribution >= 0.6 is 0 Å². The van der Waals surface area contributed by atoms with Crippen LogP contribution in [0.4, 0.5) is 0 Å². The highest BCUT2D eigenvalue weighted by molar-refractivity contribution is 5.76. The van der Waals surface area contributed by atoms with Crippen molar-refractivity contribution in [2.75, 3.05) is 27.5 Å². The second-order valence-corrected chi connectivity index (χ2v) is 6.12. The first-order valence-corrected chi connectivity index (χ1v) is 8.23. The minimum Gasteiger partial charge on any atom is -0.497 e. The lowest BCUT2D eigenvalue weighted by molar-refractivity contribution is -0.885. The quantitative estimate of drug-likeness (QED) is 0.779. The molecular weight excluding hydrogens is 320 g/mol. The Balaban J connectivity index is 1.45. The Bertz CT molecular complexity index is 731. The fourth-order valence-corrected chi connectivity index (χ4v) is 2.74. The molecule has 1 unspecified atom stereocenters. The molecule has 0 radical (unpaired) electrons. The van der Waals surface area contributed by atoms with Crippen molar-refractivity contribution >= 4 is 5.91 Å². The number of carbonyl (C=O) groups is 1. The zero-order chi connectivity index (χ0) is 17.6. The van der Waals surface area contributed by atoms with E-state index in [0.29, 0.717) is 13.1 Å². The van der Waals surface area contributed by atoms with Gasteiger partial charge >= 0.3 is 0 Å². The van der Waals surface area contributed by atoms with Gasteiger partial charge in [0.1, 0.15) is 12.3 Å². The summed E-state index contributed by atoms with van der Waals surface area (Å²) in [5.74, 6) is 2.38. The lowest BCUT2D eigenvalue weighted by Gasteiger charge is -2.14. The third-order valence-corrected chi connectivity index (χ3v) is 4.05. The topological polar surface area (TPSA) is 61.2 Å². The first-order chi connectivity index (χ1) is 12.1. The fourth-order valence-electron chi connectivity index (χ4n) is 2.74. The van der Waals surface area contributed by atoms with Crippen LogP contribution in [0.3, 0.4) is 0 Å². The van der Waals surface area contributed by atoms with Crippen molar-refractivity contribution in [3.63, 3.8) is 0 Å². The number of benzene rings is 2. The number of nitrogens with one attached hydrogen (secondary N) is 2. The summed E-state index contributed by atoms with van der Waals surface area (Å²) in [5.41, 5.74) is 2.16. The van der Waals surface area contributed by atoms with E-state index in [4.69, 9.17) is 14.2 Å². The molecule has 0 saturated heterocycles. The number of quaternary nitrogens is 1. The van der Waals surface area contributed by atoms with Gasteiger partial charge in [0, 0.05) is 12.1 Å². The van der Waals surface area contributed by atoms with Gasteiger partial charge in [0.2, 0.25) is 6.79 Å². The van der Waals surface area contributed by atoms with Crippen LogP contribution in [0.25, 0.3) is 0 Å². The molecule has 6 heteroatoms. The summed E-state index contributed by atoms with van der Waals surface area (Å²) in [5, 5.41) is 2.95. The monoisotopic (exact) mass is 343 g/mol. The molecule has 1 heterocycles. The van der Waals surface area contributed by atoms with Gasteiger partial charge < -0.3 is 24.4 Å². The van der Waals surface area contributed by atoms with Crippen LogP contribution in [-0.4, -0.2) is 33.4 Å². The smallest absolute Gasteiger partial charge is 0.275 e. The van der Waals surface area contributed by atoms with Gasteiger partial charge in [0.25, 0.3) is 5.91 Å². The van der Waals surface area contributed by atoms with Crippen LogP contribution in [0.15, 0.2) is 42.5 Å². The molecule has 0 aromatic heterocycles. The lowest BCUT2D eigenvalue weighted by atomic mass is 10.2. The standard InChI is InChI=1S/C19H22N2O4/c1-21(11-15-5-8-17-18(9-15)25-13-24-17)12-19(22)20-10-14-3-6-16(23-2)7-4-14/h3-9H,10-13H2,1-2H3,(H,20,22)/p+1. The molecule has 2 N–H and O–H groups in total. The van der Waals surface area contributed by atoms with Gasteiger partial charge in [0.05, 0.1) is 14.2 Å². The summed E-state index contributed by atoms with van der Waals surface area (Å²) in [4.78, 5) is 13.2. The van der Waals surface area contributed by atoms with Gasteiger partial charge in [-0.05, 0) is 35.9 Å². The fraction of sp³-hybridized carbons (Fsp3) is 0.316. The number of rotatable bonds is 7. The maximum absolute atomic E-state index is 12.1. The average molecular weight is 343 g/mol. The predicted molar refractivity (Wildman–Crippen MR) is 92.9 cm³/mol. The van der Waals surface area contributed by atoms with E-state index in [1.165, 1.54) is 0 Å². The summed E-state index contributed by atoms with van der Waals surface area (Å²) >= 11 is 0. The molecule has 2 aromatic carbocycles. The van der Waals surface area contributed by atoms with E-state index in [1.54, 1.807) is 7.11 Å². The van der Waals surface area contributed by atoms with Crippen LogP contribution in [0, 0.1) is 0 Å². The van der Waals surface area contributed by atoms with E-state index in [9.17, 15) is 4.79 Å². The highest BCUT2D eigenvalue weighted by Gasteiger charge is 2.16. The van der Waals surface area contributed by atoms with Gasteiger partial charge in [-0.25, -0.2) is 0 Å². The van der Waals surface area contributed by atoms with Gasteiger partial charge in [-0.15, -0.1) is 0 Å². The first kappa shape index (κ1) is 17.1. The molecule has 132 valence electrons. The van der Waals surface area contributed by atoms with Gasteiger partial charge in [0.15, 0.2) is 18.0 Å². The summed E-state index contributed by atoms with van der Waals surface area (Å²) < 4.78 is 15.8. The molecule has 25 heavy (non-hydrogen) atoms. The molecule has 1 aliphatic heterocycles. The SMILES string of the molecule is COc1ccc(CNC(=O)C[NH+](C)Cc2ccc3c(c2)OCO3)cc1. The van der Waals surface area contributed by atoms with Crippen LogP contribution in [-0.2, 0) is 17.9 Å². The normalized spacial score (nSPS) is 13.4. The third kappa shape index (κ3) is 4.64. The van der Waals surface area contributed by atoms with E-state index >= 15 is 0 Å². The van der Waals surface area contributed by atoms with Crippen molar-refractivity contribution < 1.29 is 23.9 Å². The Morgan fingerprint density at radius 3 is 2.60 bits per heavy atom. The molecule has 3 rings (SSSR count). The van der Waals surface area contributed by atoms with Crippen molar-refractivity contribution in [1.29, 1.82) is 0 Å². The highest BCUT2D eigenvalue weighted by Crippen LogP contribution is 2.32. The summed E-state index contributed by atoms with van der Waals surface area (Å²) in [6.07, 6.45) is 0. The number of carbonyl (C=O) groups excluding carboxylic acids is 1. The van der Waals surface area contributed by atoms with Crippen molar-refractivity contribution in [3.05, 3.63) is 53.6 Å². The highest BCUT2D eigenvalue weighted by atomic mass is 16.7. The number of likely N-dealkylation sites (N-methyl/N-ethyl adjacent to an activating group) is 1. The van der Waals surface area contributed by atoms with Crippen molar-refractivity contribution in [1.82, 2.24) is 5.32 Å². The van der Waals surface area contributed by atoms with Crippen LogP contribution in [0.2, 0.25) is 0 Å². The number of fused-ring (bicyclic) bond motifs is 1. The maximum atomic E-state index is 12.1. The molecule has 0 fully saturated rings. The van der Waals surface area contributed by atoms with E-state index in [1.807, 2.05) is 49.5 Å². The second-order valence-electron chi connectivity index (χ2n) is 6.12. The largest absolute Gasteiger partial charge is 0.497 e. The third-order valence-electron chi connectivity index (χ3n) is 4.05. The molecule has 0 saturated carbocycles. The Labute approximate surface area is 147 Å². The first-order valence-electron chi connectivity index (χ1n) is 8.23. The number of ether oxygens (including phenoxy) is 3. The molecule has 6 nitrogen and oxygen atoms in total. The van der Waals surface area contributed by atoms with E-state index in [2.05, 4.69) is 5.32 Å². The van der Waals surface area contributed by atoms with E-state index in [-0.39, 0.29) is 12.7 Å². The molecule has 1 amide bonds. The van der Waals surface area contributed by atoms with Gasteiger partial charge in [-0.3, -0.25) is 4.79 Å². The molecule has 2 aromatic rings. The summed E-state index contributed by atoms with van der Waals surface area (Å²) in [6, 6.07) is 13.6. The number of hydrogen-bond donors (Lipinski definition) is 2. The lowest BCUT2D eigenvalue weighted by Crippen LogP contribution is -3.08. The maximum Gasteiger partial charge on any atom is 0.275 e. The van der Waals surface area contributed by atoms with Crippen molar-refractivity contribution in [2.24, 2.45) is 0 Å². The Morgan fingerprint density at radius 2 is 1.84 bits per heavy atom. The zero-order valence-corrected chi connectivity index (χ0v) is 14.5. The van der Waals surface area contributed by atoms with E-state index in [0.717, 1.165) is 39.8 Å². The molecule has 1 aliphatic rings. The van der Waals surface area contributed by atoms with Crippen molar-refractivity contribution in [3.8, 4) is 17.2 Å². The number of hydrogen-bond acceptors (Lipinski definition) is 4. The summed E-state index contributed by atoms with van der Waals surface area (Å²) in [7, 11) is 3.63. The van der Waals surface area contributed by atoms with Crippen LogP contribution < -0.4 is 24.4 Å². The second kappa shape index (κ2) is 7.90. The Morgan fingerprint density at radius 1 is 1.12 bits per heavy atom. The molecule has 0 spiro atoms. The molecular formula is C19H23N2O4+. The Hall–Kier alpha value is -2.73. The Kier molecular flexibility index (Phi) is 5.40. The predicted octanol–water partition coefficient (Wildman–Crippen LogP) is 0.755. The molecule has 0 aliphatic carbocycles. The minimum atomic E-state index is 0.0223.